The molecule has 0 atom stereocenters. The summed E-state index contributed by atoms with van der Waals surface area (Å²) < 4.78 is 5.33. The van der Waals surface area contributed by atoms with Gasteiger partial charge in [0, 0.05) is 13.2 Å². The van der Waals surface area contributed by atoms with Gasteiger partial charge in [0.05, 0.1) is 6.61 Å². The maximum atomic E-state index is 5.44. The van der Waals surface area contributed by atoms with Crippen LogP contribution < -0.4 is 5.73 Å². The lowest BCUT2D eigenvalue weighted by atomic mass is 10.2. The molecule has 3 heteroatoms. The van der Waals surface area contributed by atoms with Gasteiger partial charge in [-0.1, -0.05) is 13.3 Å². The molecule has 0 aromatic carbocycles. The summed E-state index contributed by atoms with van der Waals surface area (Å²) in [5.74, 6) is 0. The Kier molecular flexibility index (Phi) is 10.9. The van der Waals surface area contributed by atoms with Crippen LogP contribution in [0.4, 0.5) is 0 Å². The first kappa shape index (κ1) is 13.9. The number of hydrogen-bond acceptors (Lipinski definition) is 3. The first-order valence-corrected chi connectivity index (χ1v) is 5.85. The molecule has 0 unspecified atom stereocenters. The van der Waals surface area contributed by atoms with E-state index in [9.17, 15) is 0 Å². The SMILES string of the molecule is CCOCCN(CC)CCCCCN. The minimum absolute atomic E-state index is 0.824. The van der Waals surface area contributed by atoms with Crippen LogP contribution >= 0.6 is 0 Å². The molecule has 0 fully saturated rings. The Balaban J connectivity index is 3.28. The Morgan fingerprint density at radius 3 is 2.43 bits per heavy atom. The van der Waals surface area contributed by atoms with E-state index in [0.717, 1.165) is 39.3 Å². The highest BCUT2D eigenvalue weighted by Gasteiger charge is 2.00. The van der Waals surface area contributed by atoms with E-state index in [2.05, 4.69) is 11.8 Å². The van der Waals surface area contributed by atoms with Gasteiger partial charge >= 0.3 is 0 Å². The molecule has 86 valence electrons. The zero-order chi connectivity index (χ0) is 10.6. The summed E-state index contributed by atoms with van der Waals surface area (Å²) in [6.45, 7) is 10.1. The molecule has 0 amide bonds. The Bertz CT molecular complexity index is 109. The molecule has 2 N–H and O–H groups in total. The third-order valence-electron chi connectivity index (χ3n) is 2.38. The summed E-state index contributed by atoms with van der Waals surface area (Å²) in [5, 5.41) is 0. The third-order valence-corrected chi connectivity index (χ3v) is 2.38. The molecule has 0 saturated heterocycles. The largest absolute Gasteiger partial charge is 0.380 e. The summed E-state index contributed by atoms with van der Waals surface area (Å²) in [4.78, 5) is 2.44. The highest BCUT2D eigenvalue weighted by atomic mass is 16.5. The topological polar surface area (TPSA) is 38.5 Å². The Morgan fingerprint density at radius 2 is 1.86 bits per heavy atom. The summed E-state index contributed by atoms with van der Waals surface area (Å²) >= 11 is 0. The van der Waals surface area contributed by atoms with E-state index < -0.39 is 0 Å². The van der Waals surface area contributed by atoms with Crippen LogP contribution in [0.25, 0.3) is 0 Å². The van der Waals surface area contributed by atoms with Crippen LogP contribution in [-0.2, 0) is 4.74 Å². The third kappa shape index (κ3) is 8.48. The normalized spacial score (nSPS) is 11.1. The molecular formula is C11H26N2O. The van der Waals surface area contributed by atoms with Crippen molar-refractivity contribution in [2.45, 2.75) is 33.1 Å². The number of rotatable bonds is 10. The van der Waals surface area contributed by atoms with E-state index in [4.69, 9.17) is 10.5 Å². The van der Waals surface area contributed by atoms with Gasteiger partial charge in [0.15, 0.2) is 0 Å². The second-order valence-electron chi connectivity index (χ2n) is 3.48. The molecule has 3 nitrogen and oxygen atoms in total. The molecular weight excluding hydrogens is 176 g/mol. The maximum absolute atomic E-state index is 5.44. The van der Waals surface area contributed by atoms with E-state index in [0.29, 0.717) is 0 Å². The number of ether oxygens (including phenoxy) is 1. The Morgan fingerprint density at radius 1 is 1.07 bits per heavy atom. The minimum Gasteiger partial charge on any atom is -0.380 e. The first-order chi connectivity index (χ1) is 6.85. The van der Waals surface area contributed by atoms with Crippen LogP contribution in [-0.4, -0.2) is 44.3 Å². The Labute approximate surface area is 88.6 Å². The van der Waals surface area contributed by atoms with Crippen molar-refractivity contribution < 1.29 is 4.74 Å². The quantitative estimate of drug-likeness (QED) is 0.545. The molecule has 0 aromatic heterocycles. The second kappa shape index (κ2) is 11.0. The van der Waals surface area contributed by atoms with Gasteiger partial charge in [0.25, 0.3) is 0 Å². The monoisotopic (exact) mass is 202 g/mol. The van der Waals surface area contributed by atoms with Crippen LogP contribution in [0.1, 0.15) is 33.1 Å². The van der Waals surface area contributed by atoms with Crippen molar-refractivity contribution in [3.8, 4) is 0 Å². The van der Waals surface area contributed by atoms with Crippen molar-refractivity contribution in [2.75, 3.05) is 39.4 Å². The van der Waals surface area contributed by atoms with E-state index in [1.807, 2.05) is 6.92 Å². The molecule has 0 bridgehead atoms. The zero-order valence-corrected chi connectivity index (χ0v) is 9.80. The van der Waals surface area contributed by atoms with Crippen molar-refractivity contribution in [3.63, 3.8) is 0 Å². The van der Waals surface area contributed by atoms with Gasteiger partial charge in [-0.3, -0.25) is 0 Å². The minimum atomic E-state index is 0.824. The van der Waals surface area contributed by atoms with Gasteiger partial charge in [-0.2, -0.15) is 0 Å². The lowest BCUT2D eigenvalue weighted by Gasteiger charge is -2.19. The highest BCUT2D eigenvalue weighted by Crippen LogP contribution is 1.97. The smallest absolute Gasteiger partial charge is 0.0593 e. The fourth-order valence-corrected chi connectivity index (χ4v) is 1.42. The second-order valence-corrected chi connectivity index (χ2v) is 3.48. The predicted octanol–water partition coefficient (Wildman–Crippen LogP) is 1.47. The number of likely N-dealkylation sites (N-methyl/N-ethyl adjacent to an activating group) is 1. The first-order valence-electron chi connectivity index (χ1n) is 5.85. The van der Waals surface area contributed by atoms with Gasteiger partial charge in [-0.25, -0.2) is 0 Å². The van der Waals surface area contributed by atoms with Crippen LogP contribution in [0.15, 0.2) is 0 Å². The maximum Gasteiger partial charge on any atom is 0.0593 e. The van der Waals surface area contributed by atoms with E-state index >= 15 is 0 Å². The molecule has 0 saturated carbocycles. The summed E-state index contributed by atoms with van der Waals surface area (Å²) in [6.07, 6.45) is 3.67. The average Bonchev–Trinajstić information content (AvgIpc) is 2.22. The highest BCUT2D eigenvalue weighted by molar-refractivity contribution is 4.55. The molecule has 0 aliphatic carbocycles. The summed E-state index contributed by atoms with van der Waals surface area (Å²) in [5.41, 5.74) is 5.44. The van der Waals surface area contributed by atoms with Gasteiger partial charge in [0.2, 0.25) is 0 Å². The van der Waals surface area contributed by atoms with E-state index in [1.54, 1.807) is 0 Å². The Hall–Kier alpha value is -0.120. The fraction of sp³-hybridized carbons (Fsp3) is 1.00. The van der Waals surface area contributed by atoms with Crippen molar-refractivity contribution >= 4 is 0 Å². The summed E-state index contributed by atoms with van der Waals surface area (Å²) in [6, 6.07) is 0. The number of unbranched alkanes of at least 4 members (excludes halogenated alkanes) is 2. The molecule has 0 heterocycles. The molecule has 0 aliphatic heterocycles. The lowest BCUT2D eigenvalue weighted by Crippen LogP contribution is -2.28. The van der Waals surface area contributed by atoms with Gasteiger partial charge < -0.3 is 15.4 Å². The molecule has 0 spiro atoms. The van der Waals surface area contributed by atoms with E-state index in [-0.39, 0.29) is 0 Å². The number of nitrogens with two attached hydrogens (primary N) is 1. The van der Waals surface area contributed by atoms with Crippen LogP contribution in [0.5, 0.6) is 0 Å². The molecule has 0 radical (unpaired) electrons. The lowest BCUT2D eigenvalue weighted by molar-refractivity contribution is 0.114. The van der Waals surface area contributed by atoms with Gasteiger partial charge in [-0.15, -0.1) is 0 Å². The van der Waals surface area contributed by atoms with Crippen LogP contribution in [0, 0.1) is 0 Å². The summed E-state index contributed by atoms with van der Waals surface area (Å²) in [7, 11) is 0. The van der Waals surface area contributed by atoms with Crippen molar-refractivity contribution in [3.05, 3.63) is 0 Å². The number of hydrogen-bond donors (Lipinski definition) is 1. The molecule has 0 rings (SSSR count). The molecule has 0 aliphatic rings. The van der Waals surface area contributed by atoms with Crippen LogP contribution in [0.2, 0.25) is 0 Å². The molecule has 14 heavy (non-hydrogen) atoms. The van der Waals surface area contributed by atoms with Gasteiger partial charge in [-0.05, 0) is 39.4 Å². The predicted molar refractivity (Wildman–Crippen MR) is 61.5 cm³/mol. The van der Waals surface area contributed by atoms with Crippen molar-refractivity contribution in [2.24, 2.45) is 5.73 Å². The van der Waals surface area contributed by atoms with Crippen molar-refractivity contribution in [1.82, 2.24) is 4.90 Å². The number of nitrogens with zero attached hydrogens (tertiary/aromatic N) is 1. The molecule has 0 aromatic rings. The fourth-order valence-electron chi connectivity index (χ4n) is 1.42. The van der Waals surface area contributed by atoms with Gasteiger partial charge in [0.1, 0.15) is 0 Å². The zero-order valence-electron chi connectivity index (χ0n) is 9.80. The average molecular weight is 202 g/mol. The van der Waals surface area contributed by atoms with Crippen molar-refractivity contribution in [1.29, 1.82) is 0 Å². The van der Waals surface area contributed by atoms with E-state index in [1.165, 1.54) is 19.4 Å². The standard InChI is InChI=1S/C11H26N2O/c1-3-13(10-11-14-4-2)9-7-5-6-8-12/h3-12H2,1-2H3. The van der Waals surface area contributed by atoms with Crippen LogP contribution in [0.3, 0.4) is 0 Å².